The van der Waals surface area contributed by atoms with E-state index in [4.69, 9.17) is 26.2 Å². The van der Waals surface area contributed by atoms with Crippen LogP contribution in [-0.4, -0.2) is 25.3 Å². The van der Waals surface area contributed by atoms with Crippen molar-refractivity contribution in [2.45, 2.75) is 12.8 Å². The highest BCUT2D eigenvalue weighted by Gasteiger charge is 2.18. The van der Waals surface area contributed by atoms with Crippen molar-refractivity contribution in [3.8, 4) is 11.5 Å². The molecular weight excluding hydrogens is 251 g/mol. The molecule has 1 N–H and O–H groups in total. The third-order valence-electron chi connectivity index (χ3n) is 2.24. The molecule has 0 bridgehead atoms. The van der Waals surface area contributed by atoms with Crippen LogP contribution in [0.5, 0.6) is 11.5 Å². The Hall–Kier alpha value is -1.49. The van der Waals surface area contributed by atoms with Crippen LogP contribution in [0.2, 0.25) is 5.02 Å². The van der Waals surface area contributed by atoms with E-state index < -0.39 is 11.8 Å². The molecule has 0 aliphatic heterocycles. The Bertz CT molecular complexity index is 434. The average molecular weight is 263 g/mol. The second-order valence-electron chi connectivity index (χ2n) is 3.29. The van der Waals surface area contributed by atoms with Crippen molar-refractivity contribution in [2.75, 3.05) is 14.2 Å². The van der Waals surface area contributed by atoms with Gasteiger partial charge in [0.25, 0.3) is 0 Å². The topological polar surface area (TPSA) is 55.8 Å². The van der Waals surface area contributed by atoms with E-state index in [1.165, 1.54) is 20.3 Å². The quantitative estimate of drug-likeness (QED) is 0.886. The number of aryl methyl sites for hydroxylation is 1. The summed E-state index contributed by atoms with van der Waals surface area (Å²) in [5.41, 5.74) is 0.190. The Balaban J connectivity index is 3.15. The normalized spacial score (nSPS) is 10.1. The standard InChI is InChI=1S/C11H12ClFO4/c1-16-7-5-6(3-4-8(14)15)10(13)9(12)11(7)17-2/h5H,3-4H2,1-2H3,(H,14,15). The van der Waals surface area contributed by atoms with Crippen molar-refractivity contribution in [1.82, 2.24) is 0 Å². The predicted octanol–water partition coefficient (Wildman–Crippen LogP) is 2.51. The first-order chi connectivity index (χ1) is 8.01. The number of halogens is 2. The molecule has 0 aliphatic carbocycles. The molecule has 17 heavy (non-hydrogen) atoms. The van der Waals surface area contributed by atoms with E-state index in [-0.39, 0.29) is 34.9 Å². The highest BCUT2D eigenvalue weighted by atomic mass is 35.5. The Morgan fingerprint density at radius 2 is 2.12 bits per heavy atom. The number of carbonyl (C=O) groups is 1. The third kappa shape index (κ3) is 3.00. The van der Waals surface area contributed by atoms with E-state index in [1.54, 1.807) is 0 Å². The van der Waals surface area contributed by atoms with E-state index in [2.05, 4.69) is 0 Å². The molecule has 0 amide bonds. The zero-order valence-electron chi connectivity index (χ0n) is 9.42. The molecule has 0 unspecified atom stereocenters. The van der Waals surface area contributed by atoms with E-state index in [1.807, 2.05) is 0 Å². The van der Waals surface area contributed by atoms with Crippen molar-refractivity contribution >= 4 is 17.6 Å². The molecule has 94 valence electrons. The monoisotopic (exact) mass is 262 g/mol. The van der Waals surface area contributed by atoms with Gasteiger partial charge in [-0.2, -0.15) is 0 Å². The van der Waals surface area contributed by atoms with E-state index in [0.29, 0.717) is 0 Å². The average Bonchev–Trinajstić information content (AvgIpc) is 2.30. The summed E-state index contributed by atoms with van der Waals surface area (Å²) in [5.74, 6) is -1.30. The predicted molar refractivity (Wildman–Crippen MR) is 60.5 cm³/mol. The first-order valence-corrected chi connectivity index (χ1v) is 5.19. The first kappa shape index (κ1) is 13.6. The van der Waals surface area contributed by atoms with Gasteiger partial charge in [-0.05, 0) is 18.1 Å². The molecular formula is C11H12ClFO4. The summed E-state index contributed by atoms with van der Waals surface area (Å²) >= 11 is 5.77. The lowest BCUT2D eigenvalue weighted by Crippen LogP contribution is -2.02. The number of aliphatic carboxylic acids is 1. The Kier molecular flexibility index (Phi) is 4.57. The van der Waals surface area contributed by atoms with Crippen LogP contribution in [0.3, 0.4) is 0 Å². The fraction of sp³-hybridized carbons (Fsp3) is 0.364. The van der Waals surface area contributed by atoms with Crippen LogP contribution in [0.4, 0.5) is 4.39 Å². The fourth-order valence-corrected chi connectivity index (χ4v) is 1.69. The summed E-state index contributed by atoms with van der Waals surface area (Å²) in [5, 5.41) is 8.35. The van der Waals surface area contributed by atoms with Crippen LogP contribution < -0.4 is 9.47 Å². The third-order valence-corrected chi connectivity index (χ3v) is 2.57. The largest absolute Gasteiger partial charge is 0.493 e. The van der Waals surface area contributed by atoms with Crippen LogP contribution in [0.25, 0.3) is 0 Å². The molecule has 1 aromatic rings. The molecule has 6 heteroatoms. The Morgan fingerprint density at radius 1 is 1.47 bits per heavy atom. The van der Waals surface area contributed by atoms with Crippen molar-refractivity contribution in [2.24, 2.45) is 0 Å². The lowest BCUT2D eigenvalue weighted by Gasteiger charge is -2.12. The summed E-state index contributed by atoms with van der Waals surface area (Å²) in [4.78, 5) is 10.4. The summed E-state index contributed by atoms with van der Waals surface area (Å²) in [6.45, 7) is 0. The van der Waals surface area contributed by atoms with Gasteiger partial charge >= 0.3 is 5.97 Å². The lowest BCUT2D eigenvalue weighted by atomic mass is 10.1. The second kappa shape index (κ2) is 5.72. The van der Waals surface area contributed by atoms with Crippen LogP contribution >= 0.6 is 11.6 Å². The number of hydrogen-bond acceptors (Lipinski definition) is 3. The molecule has 0 aliphatic rings. The van der Waals surface area contributed by atoms with Gasteiger partial charge in [-0.1, -0.05) is 11.6 Å². The summed E-state index contributed by atoms with van der Waals surface area (Å²) in [6, 6.07) is 1.39. The van der Waals surface area contributed by atoms with Gasteiger partial charge in [0.05, 0.1) is 14.2 Å². The van der Waals surface area contributed by atoms with Gasteiger partial charge in [-0.15, -0.1) is 0 Å². The van der Waals surface area contributed by atoms with Crippen molar-refractivity contribution in [3.63, 3.8) is 0 Å². The van der Waals surface area contributed by atoms with Gasteiger partial charge < -0.3 is 14.6 Å². The van der Waals surface area contributed by atoms with Crippen LogP contribution in [0.1, 0.15) is 12.0 Å². The molecule has 0 aromatic heterocycles. The first-order valence-electron chi connectivity index (χ1n) is 4.81. The molecule has 0 saturated carbocycles. The molecule has 0 heterocycles. The SMILES string of the molecule is COc1cc(CCC(=O)O)c(F)c(Cl)c1OC. The molecule has 0 radical (unpaired) electrons. The zero-order valence-corrected chi connectivity index (χ0v) is 10.2. The number of rotatable bonds is 5. The Morgan fingerprint density at radius 3 is 2.59 bits per heavy atom. The van der Waals surface area contributed by atoms with Crippen LogP contribution in [0, 0.1) is 5.82 Å². The van der Waals surface area contributed by atoms with Crippen molar-refractivity contribution < 1.29 is 23.8 Å². The molecule has 0 atom stereocenters. The van der Waals surface area contributed by atoms with Gasteiger partial charge in [0.1, 0.15) is 10.8 Å². The molecule has 4 nitrogen and oxygen atoms in total. The van der Waals surface area contributed by atoms with Gasteiger partial charge in [0.15, 0.2) is 11.5 Å². The number of carboxylic acid groups (broad SMARTS) is 1. The molecule has 1 rings (SSSR count). The van der Waals surface area contributed by atoms with Gasteiger partial charge in [0, 0.05) is 6.42 Å². The van der Waals surface area contributed by atoms with Crippen molar-refractivity contribution in [3.05, 3.63) is 22.5 Å². The lowest BCUT2D eigenvalue weighted by molar-refractivity contribution is -0.136. The number of methoxy groups -OCH3 is 2. The highest BCUT2D eigenvalue weighted by molar-refractivity contribution is 6.32. The maximum Gasteiger partial charge on any atom is 0.303 e. The molecule has 1 aromatic carbocycles. The molecule has 0 spiro atoms. The number of ether oxygens (including phenoxy) is 2. The minimum Gasteiger partial charge on any atom is -0.493 e. The van der Waals surface area contributed by atoms with E-state index in [0.717, 1.165) is 0 Å². The highest BCUT2D eigenvalue weighted by Crippen LogP contribution is 2.38. The second-order valence-corrected chi connectivity index (χ2v) is 3.67. The van der Waals surface area contributed by atoms with Crippen LogP contribution in [0.15, 0.2) is 6.07 Å². The smallest absolute Gasteiger partial charge is 0.303 e. The summed E-state index contributed by atoms with van der Waals surface area (Å²) in [6.07, 6.45) is -0.135. The number of hydrogen-bond donors (Lipinski definition) is 1. The minimum absolute atomic E-state index is 0.0429. The van der Waals surface area contributed by atoms with E-state index >= 15 is 0 Å². The van der Waals surface area contributed by atoms with E-state index in [9.17, 15) is 9.18 Å². The van der Waals surface area contributed by atoms with Gasteiger partial charge in [-0.3, -0.25) is 4.79 Å². The maximum absolute atomic E-state index is 13.8. The molecule has 0 fully saturated rings. The fourth-order valence-electron chi connectivity index (χ4n) is 1.40. The maximum atomic E-state index is 13.8. The van der Waals surface area contributed by atoms with Gasteiger partial charge in [-0.25, -0.2) is 4.39 Å². The van der Waals surface area contributed by atoms with Crippen molar-refractivity contribution in [1.29, 1.82) is 0 Å². The number of carboxylic acids is 1. The van der Waals surface area contributed by atoms with Crippen LogP contribution in [-0.2, 0) is 11.2 Å². The van der Waals surface area contributed by atoms with Gasteiger partial charge in [0.2, 0.25) is 0 Å². The zero-order chi connectivity index (χ0) is 13.0. The summed E-state index contributed by atoms with van der Waals surface area (Å²) < 4.78 is 23.7. The summed E-state index contributed by atoms with van der Waals surface area (Å²) in [7, 11) is 2.74. The molecule has 0 saturated heterocycles. The number of benzene rings is 1. The Labute approximate surface area is 103 Å². The minimum atomic E-state index is -1.00.